The van der Waals surface area contributed by atoms with Gasteiger partial charge in [0.15, 0.2) is 5.78 Å². The van der Waals surface area contributed by atoms with Crippen molar-refractivity contribution >= 4 is 29.2 Å². The normalized spacial score (nSPS) is 24.1. The number of benzene rings is 1. The number of Topliss-reactive ketones (excluding diaryl/α,β-unsaturated/α-hetero) is 1. The highest BCUT2D eigenvalue weighted by molar-refractivity contribution is 6.07. The molecule has 7 nitrogen and oxygen atoms in total. The first-order valence-corrected chi connectivity index (χ1v) is 10.1. The van der Waals surface area contributed by atoms with Crippen LogP contribution in [0.2, 0.25) is 0 Å². The van der Waals surface area contributed by atoms with Crippen molar-refractivity contribution in [2.45, 2.75) is 19.8 Å². The fraction of sp³-hybridized carbons (Fsp3) is 0.455. The first kappa shape index (κ1) is 19.4. The Bertz CT molecular complexity index is 843. The summed E-state index contributed by atoms with van der Waals surface area (Å²) in [6.45, 7) is 3.80. The van der Waals surface area contributed by atoms with Gasteiger partial charge in [-0.15, -0.1) is 0 Å². The molecule has 2 fully saturated rings. The quantitative estimate of drug-likeness (QED) is 0.439. The Labute approximate surface area is 169 Å². The molecular formula is C22H25N3O4. The van der Waals surface area contributed by atoms with Gasteiger partial charge in [0.25, 0.3) is 0 Å². The molecule has 2 saturated heterocycles. The van der Waals surface area contributed by atoms with E-state index in [1.165, 1.54) is 0 Å². The van der Waals surface area contributed by atoms with E-state index in [4.69, 9.17) is 0 Å². The molecule has 152 valence electrons. The summed E-state index contributed by atoms with van der Waals surface area (Å²) in [6, 6.07) is 7.47. The topological polar surface area (TPSA) is 78.0 Å². The summed E-state index contributed by atoms with van der Waals surface area (Å²) in [5.41, 5.74) is 1.70. The van der Waals surface area contributed by atoms with E-state index < -0.39 is 0 Å². The third-order valence-electron chi connectivity index (χ3n) is 6.16. The summed E-state index contributed by atoms with van der Waals surface area (Å²) in [6.07, 6.45) is 5.06. The second-order valence-electron chi connectivity index (χ2n) is 7.89. The molecule has 2 atom stereocenters. The highest BCUT2D eigenvalue weighted by Crippen LogP contribution is 2.35. The summed E-state index contributed by atoms with van der Waals surface area (Å²) in [5.74, 6) is -1.15. The van der Waals surface area contributed by atoms with Gasteiger partial charge in [0, 0.05) is 37.4 Å². The molecule has 0 radical (unpaired) electrons. The molecule has 0 spiro atoms. The summed E-state index contributed by atoms with van der Waals surface area (Å²) in [7, 11) is 0. The van der Waals surface area contributed by atoms with Crippen LogP contribution in [0.15, 0.2) is 36.4 Å². The number of amides is 3. The van der Waals surface area contributed by atoms with Crippen molar-refractivity contribution in [2.24, 2.45) is 11.8 Å². The van der Waals surface area contributed by atoms with E-state index in [0.717, 1.165) is 10.6 Å². The van der Waals surface area contributed by atoms with Crippen molar-refractivity contribution in [1.82, 2.24) is 9.80 Å². The Kier molecular flexibility index (Phi) is 5.22. The minimum Gasteiger partial charge on any atom is -0.368 e. The molecule has 2 heterocycles. The molecule has 0 saturated carbocycles. The molecule has 1 aliphatic carbocycles. The van der Waals surface area contributed by atoms with E-state index in [0.29, 0.717) is 44.6 Å². The largest absolute Gasteiger partial charge is 0.368 e. The molecule has 4 rings (SSSR count). The van der Waals surface area contributed by atoms with Crippen LogP contribution in [0.1, 0.15) is 30.1 Å². The zero-order valence-electron chi connectivity index (χ0n) is 16.5. The minimum atomic E-state index is -0.296. The molecule has 2 aliphatic heterocycles. The first-order valence-electron chi connectivity index (χ1n) is 10.1. The Morgan fingerprint density at radius 3 is 1.97 bits per heavy atom. The Balaban J connectivity index is 1.33. The molecule has 7 heteroatoms. The third kappa shape index (κ3) is 3.69. The Morgan fingerprint density at radius 2 is 1.45 bits per heavy atom. The third-order valence-corrected chi connectivity index (χ3v) is 6.16. The molecule has 3 amide bonds. The van der Waals surface area contributed by atoms with Gasteiger partial charge in [-0.25, -0.2) is 0 Å². The number of carbonyl (C=O) groups excluding carboxylic acids is 4. The van der Waals surface area contributed by atoms with E-state index in [1.54, 1.807) is 11.8 Å². The maximum Gasteiger partial charge on any atom is 0.242 e. The van der Waals surface area contributed by atoms with Crippen LogP contribution in [-0.4, -0.2) is 66.0 Å². The Hall–Kier alpha value is -2.96. The number of likely N-dealkylation sites (tertiary alicyclic amines) is 1. The van der Waals surface area contributed by atoms with Gasteiger partial charge in [-0.2, -0.15) is 0 Å². The lowest BCUT2D eigenvalue weighted by Crippen LogP contribution is -2.52. The number of rotatable bonds is 4. The number of fused-ring (bicyclic) bond motifs is 1. The summed E-state index contributed by atoms with van der Waals surface area (Å²) in [5, 5.41) is 0. The number of ketones is 1. The molecular weight excluding hydrogens is 370 g/mol. The monoisotopic (exact) mass is 395 g/mol. The van der Waals surface area contributed by atoms with Crippen molar-refractivity contribution in [2.75, 3.05) is 37.6 Å². The highest BCUT2D eigenvalue weighted by Gasteiger charge is 2.48. The molecule has 1 aromatic rings. The average molecular weight is 395 g/mol. The van der Waals surface area contributed by atoms with Crippen molar-refractivity contribution in [3.63, 3.8) is 0 Å². The number of carbonyl (C=O) groups is 4. The van der Waals surface area contributed by atoms with Crippen LogP contribution in [0.5, 0.6) is 0 Å². The standard InChI is InChI=1S/C22H25N3O4/c1-15(26)16-6-8-17(9-7-16)23-10-12-24(13-11-23)20(27)14-25-21(28)18-4-2-3-5-19(18)22(25)29/h2-3,6-9,18-19H,4-5,10-14H2,1H3/t18-,19-/m1/s1. The van der Waals surface area contributed by atoms with Gasteiger partial charge in [-0.1, -0.05) is 12.2 Å². The summed E-state index contributed by atoms with van der Waals surface area (Å²) in [4.78, 5) is 54.3. The van der Waals surface area contributed by atoms with E-state index in [9.17, 15) is 19.2 Å². The van der Waals surface area contributed by atoms with Crippen LogP contribution in [0.25, 0.3) is 0 Å². The second kappa shape index (κ2) is 7.81. The summed E-state index contributed by atoms with van der Waals surface area (Å²) >= 11 is 0. The number of hydrogen-bond acceptors (Lipinski definition) is 5. The zero-order chi connectivity index (χ0) is 20.5. The molecule has 0 bridgehead atoms. The molecule has 0 aromatic heterocycles. The fourth-order valence-corrected chi connectivity index (χ4v) is 4.38. The number of anilines is 1. The lowest BCUT2D eigenvalue weighted by Gasteiger charge is -2.36. The van der Waals surface area contributed by atoms with E-state index >= 15 is 0 Å². The lowest BCUT2D eigenvalue weighted by molar-refractivity contribution is -0.146. The van der Waals surface area contributed by atoms with Gasteiger partial charge in [0.2, 0.25) is 17.7 Å². The van der Waals surface area contributed by atoms with Crippen molar-refractivity contribution in [3.8, 4) is 0 Å². The SMILES string of the molecule is CC(=O)c1ccc(N2CCN(C(=O)CN3C(=O)[C@@H]4CC=CC[C@H]4C3=O)CC2)cc1. The predicted molar refractivity (Wildman–Crippen MR) is 107 cm³/mol. The van der Waals surface area contributed by atoms with Gasteiger partial charge in [-0.3, -0.25) is 24.1 Å². The smallest absolute Gasteiger partial charge is 0.242 e. The highest BCUT2D eigenvalue weighted by atomic mass is 16.2. The number of imide groups is 1. The number of hydrogen-bond donors (Lipinski definition) is 0. The summed E-state index contributed by atoms with van der Waals surface area (Å²) < 4.78 is 0. The molecule has 3 aliphatic rings. The van der Waals surface area contributed by atoms with Crippen LogP contribution in [-0.2, 0) is 14.4 Å². The van der Waals surface area contributed by atoms with E-state index in [2.05, 4.69) is 4.90 Å². The molecule has 29 heavy (non-hydrogen) atoms. The lowest BCUT2D eigenvalue weighted by atomic mass is 9.85. The Morgan fingerprint density at radius 1 is 0.897 bits per heavy atom. The van der Waals surface area contributed by atoms with Gasteiger partial charge < -0.3 is 9.80 Å². The van der Waals surface area contributed by atoms with Crippen LogP contribution in [0, 0.1) is 11.8 Å². The molecule has 1 aromatic carbocycles. The number of allylic oxidation sites excluding steroid dienone is 2. The van der Waals surface area contributed by atoms with E-state index in [-0.39, 0.29) is 41.9 Å². The fourth-order valence-electron chi connectivity index (χ4n) is 4.38. The number of nitrogens with zero attached hydrogens (tertiary/aromatic N) is 3. The zero-order valence-corrected chi connectivity index (χ0v) is 16.5. The van der Waals surface area contributed by atoms with E-state index in [1.807, 2.05) is 36.4 Å². The first-order chi connectivity index (χ1) is 14.0. The van der Waals surface area contributed by atoms with Crippen molar-refractivity contribution in [3.05, 3.63) is 42.0 Å². The second-order valence-corrected chi connectivity index (χ2v) is 7.89. The average Bonchev–Trinajstić information content (AvgIpc) is 2.99. The van der Waals surface area contributed by atoms with Gasteiger partial charge in [-0.05, 0) is 44.0 Å². The van der Waals surface area contributed by atoms with Crippen LogP contribution in [0.4, 0.5) is 5.69 Å². The maximum absolute atomic E-state index is 12.7. The van der Waals surface area contributed by atoms with Gasteiger partial charge in [0.05, 0.1) is 11.8 Å². The van der Waals surface area contributed by atoms with Gasteiger partial charge in [0.1, 0.15) is 6.54 Å². The van der Waals surface area contributed by atoms with Gasteiger partial charge >= 0.3 is 0 Å². The maximum atomic E-state index is 12.7. The molecule has 0 unspecified atom stereocenters. The minimum absolute atomic E-state index is 0.0357. The van der Waals surface area contributed by atoms with Crippen molar-refractivity contribution < 1.29 is 19.2 Å². The van der Waals surface area contributed by atoms with Crippen LogP contribution >= 0.6 is 0 Å². The number of piperazine rings is 1. The van der Waals surface area contributed by atoms with Crippen LogP contribution < -0.4 is 4.90 Å². The molecule has 0 N–H and O–H groups in total. The van der Waals surface area contributed by atoms with Crippen LogP contribution in [0.3, 0.4) is 0 Å². The predicted octanol–water partition coefficient (Wildman–Crippen LogP) is 1.49. The van der Waals surface area contributed by atoms with Crippen molar-refractivity contribution in [1.29, 1.82) is 0 Å².